The van der Waals surface area contributed by atoms with Crippen molar-refractivity contribution < 1.29 is 27.7 Å². The summed E-state index contributed by atoms with van der Waals surface area (Å²) in [6.07, 6.45) is 6.02. The predicted molar refractivity (Wildman–Crippen MR) is 97.0 cm³/mol. The first-order valence-electron chi connectivity index (χ1n) is 10.8. The average molecular weight is 380 g/mol. The maximum absolute atomic E-state index is 11.1. The highest BCUT2D eigenvalue weighted by Crippen LogP contribution is 2.64. The first-order chi connectivity index (χ1) is 13.8. The van der Waals surface area contributed by atoms with Crippen LogP contribution in [0.25, 0.3) is 0 Å². The van der Waals surface area contributed by atoms with E-state index in [-0.39, 0.29) is 36.3 Å². The second kappa shape index (κ2) is 5.72. The third-order valence-corrected chi connectivity index (χ3v) is 7.10. The standard InChI is InChI=1S/C20H24O5S/c1-3-20(21)11-9-18-17-6-4-13-12-14(25-26(22,23)24)5-7-15(13)16(17)8-10-19(18,20)2/h1,5,7,12,16-18,21H,4,6,8-11H2,2H3,(H,22,23,24)/t16-,17-,18+,19+,20+/m1/s1/i5D,11D2,12D. The predicted octanol–water partition coefficient (Wildman–Crippen LogP) is 3.09. The molecule has 3 aliphatic rings. The summed E-state index contributed by atoms with van der Waals surface area (Å²) in [7, 11) is -4.85. The van der Waals surface area contributed by atoms with Gasteiger partial charge in [-0.3, -0.25) is 4.55 Å². The summed E-state index contributed by atoms with van der Waals surface area (Å²) < 4.78 is 68.9. The summed E-state index contributed by atoms with van der Waals surface area (Å²) in [4.78, 5) is 0. The lowest BCUT2D eigenvalue weighted by molar-refractivity contribution is -0.0646. The zero-order valence-corrected chi connectivity index (χ0v) is 15.3. The van der Waals surface area contributed by atoms with Crippen molar-refractivity contribution >= 4 is 10.4 Å². The molecular formula is C20H24O5S. The van der Waals surface area contributed by atoms with Crippen LogP contribution in [0.15, 0.2) is 18.2 Å². The first kappa shape index (κ1) is 13.6. The Hall–Kier alpha value is -1.55. The van der Waals surface area contributed by atoms with Crippen molar-refractivity contribution in [3.05, 3.63) is 29.3 Å². The normalized spacial score (nSPS) is 42.8. The molecule has 140 valence electrons. The van der Waals surface area contributed by atoms with Gasteiger partial charge < -0.3 is 9.29 Å². The Morgan fingerprint density at radius 3 is 2.92 bits per heavy atom. The quantitative estimate of drug-likeness (QED) is 0.608. The van der Waals surface area contributed by atoms with Crippen LogP contribution in [0, 0.1) is 29.6 Å². The molecule has 6 heteroatoms. The van der Waals surface area contributed by atoms with Crippen LogP contribution in [0.4, 0.5) is 0 Å². The van der Waals surface area contributed by atoms with E-state index in [0.717, 1.165) is 5.56 Å². The van der Waals surface area contributed by atoms with Crippen LogP contribution >= 0.6 is 0 Å². The van der Waals surface area contributed by atoms with Gasteiger partial charge >= 0.3 is 10.4 Å². The van der Waals surface area contributed by atoms with Gasteiger partial charge in [-0.15, -0.1) is 6.42 Å². The second-order valence-electron chi connectivity index (χ2n) is 7.80. The maximum Gasteiger partial charge on any atom is 0.446 e. The van der Waals surface area contributed by atoms with E-state index in [1.165, 1.54) is 6.07 Å². The molecule has 0 saturated heterocycles. The molecule has 0 amide bonds. The fourth-order valence-electron chi connectivity index (χ4n) is 5.37. The average Bonchev–Trinajstić information content (AvgIpc) is 2.81. The Kier molecular flexibility index (Phi) is 2.99. The van der Waals surface area contributed by atoms with Gasteiger partial charge in [0.2, 0.25) is 0 Å². The van der Waals surface area contributed by atoms with Gasteiger partial charge in [0.25, 0.3) is 0 Å². The summed E-state index contributed by atoms with van der Waals surface area (Å²) in [5, 5.41) is 11.1. The van der Waals surface area contributed by atoms with E-state index < -0.39 is 33.5 Å². The van der Waals surface area contributed by atoms with Crippen LogP contribution in [0.2, 0.25) is 0 Å². The van der Waals surface area contributed by atoms with Crippen molar-refractivity contribution in [2.24, 2.45) is 17.3 Å². The molecule has 1 aromatic rings. The fourth-order valence-corrected chi connectivity index (χ4v) is 5.67. The lowest BCUT2D eigenvalue weighted by Crippen LogP contribution is -2.50. The molecule has 5 nitrogen and oxygen atoms in total. The van der Waals surface area contributed by atoms with E-state index in [2.05, 4.69) is 10.1 Å². The smallest absolute Gasteiger partial charge is 0.377 e. The van der Waals surface area contributed by atoms with Gasteiger partial charge in [-0.05, 0) is 79.4 Å². The molecule has 0 aliphatic heterocycles. The van der Waals surface area contributed by atoms with E-state index in [1.807, 2.05) is 6.92 Å². The Balaban J connectivity index is 1.77. The van der Waals surface area contributed by atoms with Gasteiger partial charge in [0.1, 0.15) is 11.4 Å². The molecule has 3 aliphatic carbocycles. The monoisotopic (exact) mass is 380 g/mol. The molecule has 0 aromatic heterocycles. The third kappa shape index (κ3) is 2.57. The number of rotatable bonds is 2. The lowest BCUT2D eigenvalue weighted by Gasteiger charge is -2.52. The van der Waals surface area contributed by atoms with Crippen LogP contribution in [-0.4, -0.2) is 23.7 Å². The molecule has 0 spiro atoms. The molecule has 0 radical (unpaired) electrons. The molecule has 4 rings (SSSR count). The van der Waals surface area contributed by atoms with Gasteiger partial charge in [0.05, 0.1) is 2.74 Å². The van der Waals surface area contributed by atoms with Gasteiger partial charge in [-0.1, -0.05) is 18.9 Å². The van der Waals surface area contributed by atoms with Crippen molar-refractivity contribution in [3.63, 3.8) is 0 Å². The van der Waals surface area contributed by atoms with E-state index in [9.17, 15) is 13.5 Å². The van der Waals surface area contributed by atoms with Gasteiger partial charge in [-0.2, -0.15) is 8.42 Å². The second-order valence-corrected chi connectivity index (χ2v) is 8.82. The number of aliphatic hydroxyl groups is 1. The van der Waals surface area contributed by atoms with Gasteiger partial charge in [0, 0.05) is 8.16 Å². The Labute approximate surface area is 160 Å². The molecule has 0 heterocycles. The first-order valence-corrected chi connectivity index (χ1v) is 10.1. The zero-order valence-electron chi connectivity index (χ0n) is 18.4. The topological polar surface area (TPSA) is 83.8 Å². The van der Waals surface area contributed by atoms with Crippen LogP contribution in [-0.2, 0) is 16.8 Å². The number of benzene rings is 1. The largest absolute Gasteiger partial charge is 0.446 e. The van der Waals surface area contributed by atoms with Crippen molar-refractivity contribution in [2.75, 3.05) is 0 Å². The summed E-state index contributed by atoms with van der Waals surface area (Å²) in [5.41, 5.74) is -1.28. The molecule has 2 saturated carbocycles. The van der Waals surface area contributed by atoms with E-state index in [1.54, 1.807) is 0 Å². The summed E-state index contributed by atoms with van der Waals surface area (Å²) in [6.45, 7) is 1.86. The van der Waals surface area contributed by atoms with Crippen LogP contribution in [0.3, 0.4) is 0 Å². The summed E-state index contributed by atoms with van der Waals surface area (Å²) >= 11 is 0. The zero-order chi connectivity index (χ0) is 22.3. The molecule has 0 unspecified atom stereocenters. The number of hydrogen-bond donors (Lipinski definition) is 2. The Bertz CT molecular complexity index is 1070. The molecular weight excluding hydrogens is 352 g/mol. The van der Waals surface area contributed by atoms with E-state index in [4.69, 9.17) is 16.5 Å². The Morgan fingerprint density at radius 1 is 1.46 bits per heavy atom. The van der Waals surface area contributed by atoms with Crippen molar-refractivity contribution in [2.45, 2.75) is 56.9 Å². The van der Waals surface area contributed by atoms with Crippen LogP contribution in [0.5, 0.6) is 5.75 Å². The Morgan fingerprint density at radius 2 is 2.23 bits per heavy atom. The summed E-state index contributed by atoms with van der Waals surface area (Å²) in [5.74, 6) is 1.69. The highest BCUT2D eigenvalue weighted by Gasteiger charge is 2.61. The van der Waals surface area contributed by atoms with Gasteiger partial charge in [-0.25, -0.2) is 0 Å². The number of terminal acetylenes is 1. The van der Waals surface area contributed by atoms with Crippen LogP contribution in [0.1, 0.15) is 61.5 Å². The molecule has 2 N–H and O–H groups in total. The molecule has 0 bridgehead atoms. The fraction of sp³-hybridized carbons (Fsp3) is 0.600. The molecule has 2 fully saturated rings. The highest BCUT2D eigenvalue weighted by atomic mass is 32.3. The lowest BCUT2D eigenvalue weighted by atomic mass is 9.53. The van der Waals surface area contributed by atoms with E-state index in [0.29, 0.717) is 31.2 Å². The van der Waals surface area contributed by atoms with Crippen molar-refractivity contribution in [1.82, 2.24) is 0 Å². The molecule has 1 aromatic carbocycles. The number of hydrogen-bond acceptors (Lipinski definition) is 4. The SMILES string of the molecule is [2H]c1cc2c(c([2H])c1OS(=O)(=O)O)CC[C@@H]1[C@@H]2CC[C@@]2(C)[C@H]1CC([2H])([2H])[C@@]2(O)C#C. The maximum atomic E-state index is 11.1. The van der Waals surface area contributed by atoms with Crippen molar-refractivity contribution in [1.29, 1.82) is 0 Å². The summed E-state index contributed by atoms with van der Waals surface area (Å²) in [6, 6.07) is 0.973. The highest BCUT2D eigenvalue weighted by molar-refractivity contribution is 7.81. The van der Waals surface area contributed by atoms with Gasteiger partial charge in [0.15, 0.2) is 0 Å². The minimum absolute atomic E-state index is 0.0286. The number of fused-ring (bicyclic) bond motifs is 5. The van der Waals surface area contributed by atoms with Crippen molar-refractivity contribution in [3.8, 4) is 18.1 Å². The third-order valence-electron chi connectivity index (χ3n) is 6.73. The molecule has 5 atom stereocenters. The molecule has 26 heavy (non-hydrogen) atoms. The van der Waals surface area contributed by atoms with Crippen LogP contribution < -0.4 is 4.18 Å². The minimum Gasteiger partial charge on any atom is -0.377 e. The van der Waals surface area contributed by atoms with E-state index >= 15 is 0 Å². The minimum atomic E-state index is -4.85.